The van der Waals surface area contributed by atoms with E-state index in [1.807, 2.05) is 45.0 Å². The van der Waals surface area contributed by atoms with Crippen LogP contribution in [0, 0.1) is 6.92 Å². The first-order chi connectivity index (χ1) is 11.3. The average molecular weight is 345 g/mol. The van der Waals surface area contributed by atoms with Crippen LogP contribution >= 0.6 is 11.6 Å². The van der Waals surface area contributed by atoms with Gasteiger partial charge in [-0.15, -0.1) is 0 Å². The number of hydrogen-bond donors (Lipinski definition) is 2. The van der Waals surface area contributed by atoms with E-state index < -0.39 is 11.8 Å². The smallest absolute Gasteiger partial charge is 0.313 e. The topological polar surface area (TPSA) is 58.2 Å². The molecule has 0 heterocycles. The lowest BCUT2D eigenvalue weighted by atomic mass is 9.82. The van der Waals surface area contributed by atoms with Gasteiger partial charge in [-0.2, -0.15) is 0 Å². The second-order valence-corrected chi connectivity index (χ2v) is 6.78. The van der Waals surface area contributed by atoms with E-state index in [1.54, 1.807) is 24.3 Å². The third-order valence-electron chi connectivity index (χ3n) is 3.87. The summed E-state index contributed by atoms with van der Waals surface area (Å²) in [6.07, 6.45) is 0. The number of carbonyl (C=O) groups is 2. The quantitative estimate of drug-likeness (QED) is 0.831. The van der Waals surface area contributed by atoms with Crippen LogP contribution in [0.2, 0.25) is 5.02 Å². The molecule has 24 heavy (non-hydrogen) atoms. The molecule has 0 unspecified atom stereocenters. The Hall–Kier alpha value is -2.33. The molecule has 5 heteroatoms. The highest BCUT2D eigenvalue weighted by atomic mass is 35.5. The third kappa shape index (κ3) is 4.59. The maximum absolute atomic E-state index is 12.0. The first-order valence-corrected chi connectivity index (χ1v) is 8.08. The fourth-order valence-electron chi connectivity index (χ4n) is 2.53. The highest BCUT2D eigenvalue weighted by Crippen LogP contribution is 2.25. The van der Waals surface area contributed by atoms with Crippen LogP contribution in [0.4, 0.5) is 5.69 Å². The van der Waals surface area contributed by atoms with Gasteiger partial charge in [0.25, 0.3) is 0 Å². The number of aryl methyl sites for hydroxylation is 1. The Morgan fingerprint density at radius 3 is 2.25 bits per heavy atom. The van der Waals surface area contributed by atoms with Gasteiger partial charge in [0.05, 0.1) is 0 Å². The first-order valence-electron chi connectivity index (χ1n) is 7.70. The Bertz CT molecular complexity index is 739. The van der Waals surface area contributed by atoms with Crippen molar-refractivity contribution in [3.63, 3.8) is 0 Å². The largest absolute Gasteiger partial charge is 0.347 e. The molecule has 0 atom stereocenters. The number of hydrogen-bond acceptors (Lipinski definition) is 2. The van der Waals surface area contributed by atoms with Crippen LogP contribution in [0.1, 0.15) is 25.0 Å². The molecule has 2 aromatic rings. The van der Waals surface area contributed by atoms with E-state index in [0.717, 1.165) is 11.1 Å². The summed E-state index contributed by atoms with van der Waals surface area (Å²) in [5.74, 6) is -1.36. The number of halogens is 1. The van der Waals surface area contributed by atoms with Crippen LogP contribution in [0.3, 0.4) is 0 Å². The predicted octanol–water partition coefficient (Wildman–Crippen LogP) is 3.68. The first kappa shape index (κ1) is 18.0. The number of anilines is 1. The fraction of sp³-hybridized carbons (Fsp3) is 0.263. The van der Waals surface area contributed by atoms with Gasteiger partial charge in [-0.05, 0) is 42.3 Å². The molecule has 2 amide bonds. The number of rotatable bonds is 4. The van der Waals surface area contributed by atoms with E-state index in [4.69, 9.17) is 11.6 Å². The normalized spacial score (nSPS) is 11.0. The molecule has 0 aliphatic carbocycles. The molecular weight excluding hydrogens is 324 g/mol. The molecule has 0 aliphatic heterocycles. The minimum Gasteiger partial charge on any atom is -0.347 e. The van der Waals surface area contributed by atoms with Crippen molar-refractivity contribution in [2.75, 3.05) is 11.9 Å². The van der Waals surface area contributed by atoms with E-state index >= 15 is 0 Å². The summed E-state index contributed by atoms with van der Waals surface area (Å²) in [6.45, 7) is 6.47. The zero-order chi connectivity index (χ0) is 17.7. The van der Waals surface area contributed by atoms with Crippen LogP contribution in [0.5, 0.6) is 0 Å². The Kier molecular flexibility index (Phi) is 5.62. The highest BCUT2D eigenvalue weighted by Gasteiger charge is 2.24. The van der Waals surface area contributed by atoms with E-state index in [0.29, 0.717) is 17.3 Å². The van der Waals surface area contributed by atoms with E-state index in [-0.39, 0.29) is 5.41 Å². The Morgan fingerprint density at radius 2 is 1.62 bits per heavy atom. The summed E-state index contributed by atoms with van der Waals surface area (Å²) in [7, 11) is 0. The molecule has 0 saturated carbocycles. The number of carbonyl (C=O) groups excluding carboxylic acids is 2. The molecule has 0 bridgehead atoms. The van der Waals surface area contributed by atoms with Gasteiger partial charge in [0.15, 0.2) is 0 Å². The van der Waals surface area contributed by atoms with E-state index in [9.17, 15) is 9.59 Å². The monoisotopic (exact) mass is 344 g/mol. The standard InChI is InChI=1S/C19H21ClN2O2/c1-13-6-4-5-7-16(13)19(2,3)12-21-17(23)18(24)22-15-10-8-14(20)9-11-15/h4-11H,12H2,1-3H3,(H,21,23)(H,22,24). The molecule has 0 saturated heterocycles. The van der Waals surface area contributed by atoms with Gasteiger partial charge in [0.2, 0.25) is 0 Å². The minimum atomic E-state index is -0.696. The lowest BCUT2D eigenvalue weighted by molar-refractivity contribution is -0.136. The molecule has 0 aliphatic rings. The molecule has 2 N–H and O–H groups in total. The SMILES string of the molecule is Cc1ccccc1C(C)(C)CNC(=O)C(=O)Nc1ccc(Cl)cc1. The van der Waals surface area contributed by atoms with Gasteiger partial charge in [0, 0.05) is 22.7 Å². The van der Waals surface area contributed by atoms with Gasteiger partial charge in [-0.1, -0.05) is 49.7 Å². The van der Waals surface area contributed by atoms with Crippen LogP contribution in [0.15, 0.2) is 48.5 Å². The van der Waals surface area contributed by atoms with Crippen molar-refractivity contribution >= 4 is 29.1 Å². The Balaban J connectivity index is 1.95. The van der Waals surface area contributed by atoms with Gasteiger partial charge in [-0.3, -0.25) is 9.59 Å². The zero-order valence-corrected chi connectivity index (χ0v) is 14.8. The Labute approximate surface area is 147 Å². The molecule has 2 rings (SSSR count). The van der Waals surface area contributed by atoms with Crippen molar-refractivity contribution in [3.8, 4) is 0 Å². The van der Waals surface area contributed by atoms with Crippen molar-refractivity contribution in [2.24, 2.45) is 0 Å². The Morgan fingerprint density at radius 1 is 1.00 bits per heavy atom. The van der Waals surface area contributed by atoms with Crippen molar-refractivity contribution in [1.82, 2.24) is 5.32 Å². The number of benzene rings is 2. The number of nitrogens with one attached hydrogen (secondary N) is 2. The molecule has 4 nitrogen and oxygen atoms in total. The summed E-state index contributed by atoms with van der Waals surface area (Å²) < 4.78 is 0. The fourth-order valence-corrected chi connectivity index (χ4v) is 2.66. The summed E-state index contributed by atoms with van der Waals surface area (Å²) >= 11 is 5.79. The van der Waals surface area contributed by atoms with E-state index in [2.05, 4.69) is 10.6 Å². The highest BCUT2D eigenvalue weighted by molar-refractivity contribution is 6.39. The minimum absolute atomic E-state index is 0.276. The van der Waals surface area contributed by atoms with Gasteiger partial charge in [-0.25, -0.2) is 0 Å². The molecule has 2 aromatic carbocycles. The summed E-state index contributed by atoms with van der Waals surface area (Å²) in [6, 6.07) is 14.6. The molecule has 0 fully saturated rings. The predicted molar refractivity (Wildman–Crippen MR) is 97.3 cm³/mol. The molecule has 126 valence electrons. The van der Waals surface area contributed by atoms with Gasteiger partial charge in [0.1, 0.15) is 0 Å². The summed E-state index contributed by atoms with van der Waals surface area (Å²) in [5.41, 5.74) is 2.55. The second-order valence-electron chi connectivity index (χ2n) is 6.34. The molecule has 0 spiro atoms. The lowest BCUT2D eigenvalue weighted by Crippen LogP contribution is -2.42. The van der Waals surface area contributed by atoms with Gasteiger partial charge < -0.3 is 10.6 Å². The average Bonchev–Trinajstić information content (AvgIpc) is 2.55. The van der Waals surface area contributed by atoms with Crippen LogP contribution in [0.25, 0.3) is 0 Å². The van der Waals surface area contributed by atoms with Crippen molar-refractivity contribution in [3.05, 3.63) is 64.7 Å². The maximum atomic E-state index is 12.0. The third-order valence-corrected chi connectivity index (χ3v) is 4.13. The van der Waals surface area contributed by atoms with Crippen molar-refractivity contribution < 1.29 is 9.59 Å². The van der Waals surface area contributed by atoms with Crippen LogP contribution in [-0.4, -0.2) is 18.4 Å². The molecular formula is C19H21ClN2O2. The summed E-state index contributed by atoms with van der Waals surface area (Å²) in [4.78, 5) is 24.0. The summed E-state index contributed by atoms with van der Waals surface area (Å²) in [5, 5.41) is 5.82. The second kappa shape index (κ2) is 7.49. The van der Waals surface area contributed by atoms with Crippen LogP contribution in [-0.2, 0) is 15.0 Å². The van der Waals surface area contributed by atoms with Gasteiger partial charge >= 0.3 is 11.8 Å². The zero-order valence-electron chi connectivity index (χ0n) is 14.0. The van der Waals surface area contributed by atoms with Crippen molar-refractivity contribution in [1.29, 1.82) is 0 Å². The molecule has 0 radical (unpaired) electrons. The van der Waals surface area contributed by atoms with Crippen LogP contribution < -0.4 is 10.6 Å². The van der Waals surface area contributed by atoms with E-state index in [1.165, 1.54) is 0 Å². The molecule has 0 aromatic heterocycles. The maximum Gasteiger partial charge on any atom is 0.313 e. The number of amides is 2. The van der Waals surface area contributed by atoms with Crippen molar-refractivity contribution in [2.45, 2.75) is 26.2 Å². The lowest BCUT2D eigenvalue weighted by Gasteiger charge is -2.27.